The van der Waals surface area contributed by atoms with Crippen molar-refractivity contribution < 1.29 is 0 Å². The molecule has 0 bridgehead atoms. The lowest BCUT2D eigenvalue weighted by molar-refractivity contribution is 0.686. The number of hydrogen-bond donors (Lipinski definition) is 0. The van der Waals surface area contributed by atoms with E-state index < -0.39 is 0 Å². The Labute approximate surface area is 103 Å². The van der Waals surface area contributed by atoms with Gasteiger partial charge in [0.05, 0.1) is 0 Å². The molecule has 2 unspecified atom stereocenters. The normalized spacial score (nSPS) is 23.8. The lowest BCUT2D eigenvalue weighted by Gasteiger charge is -2.12. The second-order valence-corrected chi connectivity index (χ2v) is 5.03. The average molecular weight is 222 g/mol. The molecule has 0 aliphatic heterocycles. The largest absolute Gasteiger partial charge is 0.0622 e. The van der Waals surface area contributed by atoms with Gasteiger partial charge in [0.1, 0.15) is 0 Å². The lowest BCUT2D eigenvalue weighted by Crippen LogP contribution is -1.94. The minimum Gasteiger partial charge on any atom is -0.0622 e. The van der Waals surface area contributed by atoms with Gasteiger partial charge < -0.3 is 0 Å². The SMILES string of the molecule is c1ccc(C2CCC(c3ccccc3)C2)cc1. The van der Waals surface area contributed by atoms with Crippen molar-refractivity contribution in [3.63, 3.8) is 0 Å². The molecular weight excluding hydrogens is 204 g/mol. The molecule has 0 saturated heterocycles. The summed E-state index contributed by atoms with van der Waals surface area (Å²) in [6.07, 6.45) is 3.99. The smallest absolute Gasteiger partial charge is 0.0156 e. The van der Waals surface area contributed by atoms with Crippen LogP contribution < -0.4 is 0 Å². The minimum atomic E-state index is 0.765. The third kappa shape index (κ3) is 2.26. The van der Waals surface area contributed by atoms with Crippen LogP contribution in [0.3, 0.4) is 0 Å². The zero-order valence-corrected chi connectivity index (χ0v) is 10.0. The first-order valence-corrected chi connectivity index (χ1v) is 6.53. The molecule has 0 amide bonds. The van der Waals surface area contributed by atoms with Crippen LogP contribution in [-0.2, 0) is 0 Å². The van der Waals surface area contributed by atoms with Gasteiger partial charge in [0.25, 0.3) is 0 Å². The van der Waals surface area contributed by atoms with Crippen molar-refractivity contribution in [3.8, 4) is 0 Å². The zero-order chi connectivity index (χ0) is 11.5. The second kappa shape index (κ2) is 4.75. The molecule has 17 heavy (non-hydrogen) atoms. The highest BCUT2D eigenvalue weighted by Crippen LogP contribution is 2.43. The van der Waals surface area contributed by atoms with E-state index in [-0.39, 0.29) is 0 Å². The van der Waals surface area contributed by atoms with Crippen molar-refractivity contribution >= 4 is 0 Å². The lowest BCUT2D eigenvalue weighted by atomic mass is 9.93. The van der Waals surface area contributed by atoms with E-state index in [1.807, 2.05) is 0 Å². The third-order valence-corrected chi connectivity index (χ3v) is 3.97. The third-order valence-electron chi connectivity index (χ3n) is 3.97. The second-order valence-electron chi connectivity index (χ2n) is 5.03. The van der Waals surface area contributed by atoms with E-state index in [9.17, 15) is 0 Å². The van der Waals surface area contributed by atoms with E-state index in [1.165, 1.54) is 30.4 Å². The standard InChI is InChI=1S/C17H18/c1-3-7-14(8-4-1)16-11-12-17(13-16)15-9-5-2-6-10-15/h1-10,16-17H,11-13H2. The summed E-state index contributed by atoms with van der Waals surface area (Å²) in [4.78, 5) is 0. The van der Waals surface area contributed by atoms with Crippen LogP contribution in [0.4, 0.5) is 0 Å². The molecule has 0 heteroatoms. The number of rotatable bonds is 2. The van der Waals surface area contributed by atoms with Crippen molar-refractivity contribution in [1.29, 1.82) is 0 Å². The van der Waals surface area contributed by atoms with Gasteiger partial charge in [-0.25, -0.2) is 0 Å². The predicted octanol–water partition coefficient (Wildman–Crippen LogP) is 4.74. The molecule has 0 nitrogen and oxygen atoms in total. The Kier molecular flexibility index (Phi) is 2.96. The predicted molar refractivity (Wildman–Crippen MR) is 72.2 cm³/mol. The summed E-state index contributed by atoms with van der Waals surface area (Å²) in [6, 6.07) is 21.9. The van der Waals surface area contributed by atoms with Crippen LogP contribution in [0.2, 0.25) is 0 Å². The van der Waals surface area contributed by atoms with E-state index in [0.29, 0.717) is 0 Å². The van der Waals surface area contributed by atoms with E-state index in [0.717, 1.165) is 11.8 Å². The fraction of sp³-hybridized carbons (Fsp3) is 0.294. The van der Waals surface area contributed by atoms with Gasteiger partial charge in [-0.1, -0.05) is 60.7 Å². The van der Waals surface area contributed by atoms with E-state index in [2.05, 4.69) is 60.7 Å². The van der Waals surface area contributed by atoms with E-state index in [1.54, 1.807) is 0 Å². The van der Waals surface area contributed by atoms with Gasteiger partial charge in [-0.15, -0.1) is 0 Å². The Morgan fingerprint density at radius 1 is 0.588 bits per heavy atom. The summed E-state index contributed by atoms with van der Waals surface area (Å²) >= 11 is 0. The molecule has 0 aromatic heterocycles. The van der Waals surface area contributed by atoms with E-state index >= 15 is 0 Å². The molecule has 3 rings (SSSR count). The van der Waals surface area contributed by atoms with Crippen LogP contribution in [0.25, 0.3) is 0 Å². The molecule has 0 heterocycles. The molecule has 1 saturated carbocycles. The Morgan fingerprint density at radius 3 is 1.41 bits per heavy atom. The highest BCUT2D eigenvalue weighted by molar-refractivity contribution is 5.26. The molecule has 1 fully saturated rings. The fourth-order valence-electron chi connectivity index (χ4n) is 3.04. The van der Waals surface area contributed by atoms with Crippen LogP contribution >= 0.6 is 0 Å². The molecule has 2 aromatic carbocycles. The molecule has 0 N–H and O–H groups in total. The van der Waals surface area contributed by atoms with Gasteiger partial charge in [-0.05, 0) is 42.2 Å². The summed E-state index contributed by atoms with van der Waals surface area (Å²) < 4.78 is 0. The molecule has 86 valence electrons. The Hall–Kier alpha value is -1.56. The molecular formula is C17H18. The quantitative estimate of drug-likeness (QED) is 0.688. The first-order valence-electron chi connectivity index (χ1n) is 6.53. The van der Waals surface area contributed by atoms with Gasteiger partial charge >= 0.3 is 0 Å². The van der Waals surface area contributed by atoms with Crippen molar-refractivity contribution in [2.75, 3.05) is 0 Å². The maximum Gasteiger partial charge on any atom is -0.0156 e. The van der Waals surface area contributed by atoms with Gasteiger partial charge in [0.2, 0.25) is 0 Å². The summed E-state index contributed by atoms with van der Waals surface area (Å²) in [5, 5.41) is 0. The Bertz CT molecular complexity index is 412. The monoisotopic (exact) mass is 222 g/mol. The van der Waals surface area contributed by atoms with Crippen molar-refractivity contribution in [1.82, 2.24) is 0 Å². The maximum absolute atomic E-state index is 2.28. The minimum absolute atomic E-state index is 0.765. The molecule has 0 spiro atoms. The number of hydrogen-bond acceptors (Lipinski definition) is 0. The van der Waals surface area contributed by atoms with Crippen LogP contribution in [0.15, 0.2) is 60.7 Å². The van der Waals surface area contributed by atoms with Crippen LogP contribution in [0.5, 0.6) is 0 Å². The fourth-order valence-corrected chi connectivity index (χ4v) is 3.04. The highest BCUT2D eigenvalue weighted by Gasteiger charge is 2.26. The van der Waals surface area contributed by atoms with Crippen LogP contribution in [-0.4, -0.2) is 0 Å². The Morgan fingerprint density at radius 2 is 1.00 bits per heavy atom. The van der Waals surface area contributed by atoms with Crippen molar-refractivity contribution in [2.24, 2.45) is 0 Å². The van der Waals surface area contributed by atoms with E-state index in [4.69, 9.17) is 0 Å². The molecule has 2 aromatic rings. The van der Waals surface area contributed by atoms with Crippen molar-refractivity contribution in [3.05, 3.63) is 71.8 Å². The summed E-state index contributed by atoms with van der Waals surface area (Å²) in [5.74, 6) is 1.53. The van der Waals surface area contributed by atoms with Crippen LogP contribution in [0, 0.1) is 0 Å². The van der Waals surface area contributed by atoms with Gasteiger partial charge in [-0.2, -0.15) is 0 Å². The summed E-state index contributed by atoms with van der Waals surface area (Å²) in [7, 11) is 0. The summed E-state index contributed by atoms with van der Waals surface area (Å²) in [5.41, 5.74) is 3.04. The molecule has 0 radical (unpaired) electrons. The van der Waals surface area contributed by atoms with Crippen LogP contribution in [0.1, 0.15) is 42.2 Å². The maximum atomic E-state index is 2.28. The van der Waals surface area contributed by atoms with Crippen molar-refractivity contribution in [2.45, 2.75) is 31.1 Å². The Balaban J connectivity index is 1.75. The van der Waals surface area contributed by atoms with Gasteiger partial charge in [-0.3, -0.25) is 0 Å². The summed E-state index contributed by atoms with van der Waals surface area (Å²) in [6.45, 7) is 0. The highest BCUT2D eigenvalue weighted by atomic mass is 14.3. The first kappa shape index (κ1) is 10.6. The molecule has 1 aliphatic carbocycles. The van der Waals surface area contributed by atoms with Gasteiger partial charge in [0.15, 0.2) is 0 Å². The molecule has 1 aliphatic rings. The first-order chi connectivity index (χ1) is 8.43. The molecule has 2 atom stereocenters. The number of benzene rings is 2. The van der Waals surface area contributed by atoms with Gasteiger partial charge in [0, 0.05) is 0 Å². The topological polar surface area (TPSA) is 0 Å². The zero-order valence-electron chi connectivity index (χ0n) is 10.0. The average Bonchev–Trinajstić information content (AvgIpc) is 2.90.